The monoisotopic (exact) mass is 252 g/mol. The highest BCUT2D eigenvalue weighted by molar-refractivity contribution is 5.79. The molecule has 0 aliphatic carbocycles. The number of hydrogen-bond donors (Lipinski definition) is 1. The van der Waals surface area contributed by atoms with Gasteiger partial charge in [0.15, 0.2) is 0 Å². The molecule has 3 rings (SSSR count). The number of hydrogen-bond acceptors (Lipinski definition) is 3. The minimum atomic E-state index is 0.108. The average molecular weight is 252 g/mol. The summed E-state index contributed by atoms with van der Waals surface area (Å²) < 4.78 is 5.44. The maximum Gasteiger partial charge on any atom is 0.228 e. The molecule has 3 unspecified atom stereocenters. The molecule has 4 heteroatoms. The maximum atomic E-state index is 12.5. The van der Waals surface area contributed by atoms with Crippen LogP contribution in [0.5, 0.6) is 0 Å². The first-order valence-electron chi connectivity index (χ1n) is 7.34. The van der Waals surface area contributed by atoms with Crippen molar-refractivity contribution in [2.45, 2.75) is 56.7 Å². The molecule has 0 saturated carbocycles. The van der Waals surface area contributed by atoms with Crippen molar-refractivity contribution in [3.8, 4) is 0 Å². The van der Waals surface area contributed by atoms with Gasteiger partial charge in [0.2, 0.25) is 5.91 Å². The Morgan fingerprint density at radius 3 is 2.56 bits per heavy atom. The molecule has 1 N–H and O–H groups in total. The number of carbonyl (C=O) groups is 1. The minimum Gasteiger partial charge on any atom is -0.381 e. The Labute approximate surface area is 109 Å². The zero-order valence-corrected chi connectivity index (χ0v) is 11.2. The molecule has 3 fully saturated rings. The fourth-order valence-electron chi connectivity index (χ4n) is 3.75. The zero-order valence-electron chi connectivity index (χ0n) is 11.2. The van der Waals surface area contributed by atoms with Crippen molar-refractivity contribution in [1.29, 1.82) is 0 Å². The van der Waals surface area contributed by atoms with Crippen molar-refractivity contribution in [3.05, 3.63) is 0 Å². The summed E-state index contributed by atoms with van der Waals surface area (Å²) >= 11 is 0. The van der Waals surface area contributed by atoms with Crippen molar-refractivity contribution in [2.24, 2.45) is 5.92 Å². The van der Waals surface area contributed by atoms with Gasteiger partial charge in [-0.05, 0) is 38.5 Å². The van der Waals surface area contributed by atoms with Gasteiger partial charge in [-0.25, -0.2) is 0 Å². The highest BCUT2D eigenvalue weighted by Crippen LogP contribution is 2.30. The van der Waals surface area contributed by atoms with E-state index in [1.807, 2.05) is 11.9 Å². The first-order chi connectivity index (χ1) is 8.74. The first kappa shape index (κ1) is 12.4. The predicted molar refractivity (Wildman–Crippen MR) is 69.3 cm³/mol. The van der Waals surface area contributed by atoms with Crippen LogP contribution in [-0.4, -0.2) is 49.2 Å². The Bertz CT molecular complexity index is 303. The van der Waals surface area contributed by atoms with Crippen LogP contribution in [0.4, 0.5) is 0 Å². The largest absolute Gasteiger partial charge is 0.381 e. The second kappa shape index (κ2) is 5.17. The lowest BCUT2D eigenvalue weighted by Gasteiger charge is -2.37. The Hall–Kier alpha value is -0.610. The van der Waals surface area contributed by atoms with E-state index in [0.717, 1.165) is 32.3 Å². The van der Waals surface area contributed by atoms with E-state index in [0.29, 0.717) is 30.6 Å². The van der Waals surface area contributed by atoms with E-state index >= 15 is 0 Å². The van der Waals surface area contributed by atoms with E-state index in [9.17, 15) is 4.79 Å². The molecule has 102 valence electrons. The Morgan fingerprint density at radius 2 is 1.94 bits per heavy atom. The SMILES string of the molecule is CN(C(=O)C1CCCOC1)C1CC2CCC(C1)N2. The smallest absolute Gasteiger partial charge is 0.228 e. The highest BCUT2D eigenvalue weighted by atomic mass is 16.5. The normalized spacial score (nSPS) is 39.6. The van der Waals surface area contributed by atoms with E-state index in [1.165, 1.54) is 12.8 Å². The summed E-state index contributed by atoms with van der Waals surface area (Å²) in [7, 11) is 1.99. The van der Waals surface area contributed by atoms with Crippen molar-refractivity contribution in [2.75, 3.05) is 20.3 Å². The molecule has 3 heterocycles. The van der Waals surface area contributed by atoms with Crippen molar-refractivity contribution < 1.29 is 9.53 Å². The summed E-state index contributed by atoms with van der Waals surface area (Å²) in [5, 5.41) is 3.63. The lowest BCUT2D eigenvalue weighted by Crippen LogP contribution is -2.50. The summed E-state index contributed by atoms with van der Waals surface area (Å²) in [6.45, 7) is 1.45. The van der Waals surface area contributed by atoms with Crippen molar-refractivity contribution in [1.82, 2.24) is 10.2 Å². The van der Waals surface area contributed by atoms with Crippen LogP contribution >= 0.6 is 0 Å². The molecule has 3 saturated heterocycles. The lowest BCUT2D eigenvalue weighted by atomic mass is 9.95. The quantitative estimate of drug-likeness (QED) is 0.801. The molecular weight excluding hydrogens is 228 g/mol. The lowest BCUT2D eigenvalue weighted by molar-refractivity contribution is -0.141. The second-order valence-electron chi connectivity index (χ2n) is 6.13. The molecule has 0 radical (unpaired) electrons. The molecule has 3 aliphatic rings. The van der Waals surface area contributed by atoms with Gasteiger partial charge in [0.05, 0.1) is 12.5 Å². The molecule has 2 bridgehead atoms. The van der Waals surface area contributed by atoms with E-state index < -0.39 is 0 Å². The van der Waals surface area contributed by atoms with Gasteiger partial charge in [0.1, 0.15) is 0 Å². The molecule has 3 atom stereocenters. The zero-order chi connectivity index (χ0) is 12.5. The standard InChI is InChI=1S/C14H24N2O2/c1-16(14(17)10-3-2-6-18-9-10)13-7-11-4-5-12(8-13)15-11/h10-13,15H,2-9H2,1H3. The third-order valence-corrected chi connectivity index (χ3v) is 4.85. The van der Waals surface area contributed by atoms with E-state index in [-0.39, 0.29) is 5.92 Å². The molecule has 18 heavy (non-hydrogen) atoms. The van der Waals surface area contributed by atoms with Crippen LogP contribution in [0.2, 0.25) is 0 Å². The number of rotatable bonds is 2. The predicted octanol–water partition coefficient (Wildman–Crippen LogP) is 1.15. The summed E-state index contributed by atoms with van der Waals surface area (Å²) in [6.07, 6.45) is 6.87. The summed E-state index contributed by atoms with van der Waals surface area (Å²) in [6, 6.07) is 1.73. The van der Waals surface area contributed by atoms with Gasteiger partial charge in [-0.3, -0.25) is 4.79 Å². The van der Waals surface area contributed by atoms with Gasteiger partial charge >= 0.3 is 0 Å². The summed E-state index contributed by atoms with van der Waals surface area (Å²) in [4.78, 5) is 14.5. The number of amides is 1. The van der Waals surface area contributed by atoms with Crippen LogP contribution in [0, 0.1) is 5.92 Å². The van der Waals surface area contributed by atoms with Crippen molar-refractivity contribution >= 4 is 5.91 Å². The van der Waals surface area contributed by atoms with Crippen LogP contribution in [0.15, 0.2) is 0 Å². The van der Waals surface area contributed by atoms with Crippen LogP contribution in [0.25, 0.3) is 0 Å². The Morgan fingerprint density at radius 1 is 1.22 bits per heavy atom. The molecule has 0 aromatic heterocycles. The van der Waals surface area contributed by atoms with Gasteiger partial charge in [-0.15, -0.1) is 0 Å². The minimum absolute atomic E-state index is 0.108. The number of carbonyl (C=O) groups excluding carboxylic acids is 1. The van der Waals surface area contributed by atoms with Gasteiger partial charge in [-0.1, -0.05) is 0 Å². The molecule has 0 spiro atoms. The fraction of sp³-hybridized carbons (Fsp3) is 0.929. The second-order valence-corrected chi connectivity index (χ2v) is 6.13. The van der Waals surface area contributed by atoms with E-state index in [2.05, 4.69) is 5.32 Å². The molecule has 0 aromatic carbocycles. The number of fused-ring (bicyclic) bond motifs is 2. The number of nitrogens with zero attached hydrogens (tertiary/aromatic N) is 1. The fourth-order valence-corrected chi connectivity index (χ4v) is 3.75. The van der Waals surface area contributed by atoms with Gasteiger partial charge < -0.3 is 15.0 Å². The van der Waals surface area contributed by atoms with Gasteiger partial charge in [0, 0.05) is 31.8 Å². The van der Waals surface area contributed by atoms with Crippen LogP contribution in [0.3, 0.4) is 0 Å². The van der Waals surface area contributed by atoms with Crippen LogP contribution < -0.4 is 5.32 Å². The van der Waals surface area contributed by atoms with Gasteiger partial charge in [0.25, 0.3) is 0 Å². The topological polar surface area (TPSA) is 41.6 Å². The highest BCUT2D eigenvalue weighted by Gasteiger charge is 2.37. The third-order valence-electron chi connectivity index (χ3n) is 4.85. The third kappa shape index (κ3) is 2.41. The Balaban J connectivity index is 1.59. The molecule has 1 amide bonds. The number of nitrogens with one attached hydrogen (secondary N) is 1. The summed E-state index contributed by atoms with van der Waals surface area (Å²) in [5.74, 6) is 0.414. The van der Waals surface area contributed by atoms with Crippen LogP contribution in [0.1, 0.15) is 38.5 Å². The molecule has 4 nitrogen and oxygen atoms in total. The van der Waals surface area contributed by atoms with Crippen molar-refractivity contribution in [3.63, 3.8) is 0 Å². The molecular formula is C14H24N2O2. The Kier molecular flexibility index (Phi) is 3.57. The van der Waals surface area contributed by atoms with E-state index in [4.69, 9.17) is 4.74 Å². The number of piperidine rings is 1. The maximum absolute atomic E-state index is 12.5. The molecule has 0 aromatic rings. The average Bonchev–Trinajstić information content (AvgIpc) is 2.77. The van der Waals surface area contributed by atoms with Gasteiger partial charge in [-0.2, -0.15) is 0 Å². The molecule has 3 aliphatic heterocycles. The summed E-state index contributed by atoms with van der Waals surface area (Å²) in [5.41, 5.74) is 0. The number of ether oxygens (including phenoxy) is 1. The van der Waals surface area contributed by atoms with Crippen LogP contribution in [-0.2, 0) is 9.53 Å². The van der Waals surface area contributed by atoms with E-state index in [1.54, 1.807) is 0 Å². The first-order valence-corrected chi connectivity index (χ1v) is 7.34.